The molecule has 0 aromatic heterocycles. The summed E-state index contributed by atoms with van der Waals surface area (Å²) in [5, 5.41) is 6.06. The summed E-state index contributed by atoms with van der Waals surface area (Å²) >= 11 is 0. The van der Waals surface area contributed by atoms with Crippen molar-refractivity contribution in [1.82, 2.24) is 0 Å². The third-order valence-corrected chi connectivity index (χ3v) is 0. The molecule has 0 aromatic carbocycles. The zero-order chi connectivity index (χ0) is 3.58. The quantitative estimate of drug-likeness (QED) is 0.376. The van der Waals surface area contributed by atoms with E-state index in [0.29, 0.717) is 0 Å². The average molecular weight is 254 g/mol. The number of hydrogen-bond donors (Lipinski definition) is 3. The molecule has 0 atom stereocenters. The molecule has 0 aliphatic heterocycles. The molecule has 0 saturated heterocycles. The van der Waals surface area contributed by atoms with Crippen molar-refractivity contribution in [2.24, 2.45) is 11.5 Å². The van der Waals surface area contributed by atoms with Crippen molar-refractivity contribution in [3.63, 3.8) is 0 Å². The Morgan fingerprint density at radius 3 is 1.40 bits per heavy atom. The molecule has 4 heteroatoms. The van der Waals surface area contributed by atoms with Crippen LogP contribution in [0.4, 0.5) is 0 Å². The number of nitrogens with one attached hydrogen (secondary N) is 1. The van der Waals surface area contributed by atoms with E-state index in [1.165, 1.54) is 0 Å². The fraction of sp³-hybridized carbons (Fsp3) is 0. The van der Waals surface area contributed by atoms with E-state index in [4.69, 9.17) is 5.41 Å². The summed E-state index contributed by atoms with van der Waals surface area (Å²) in [6.07, 6.45) is 0. The van der Waals surface area contributed by atoms with Gasteiger partial charge in [0, 0.05) is 21.1 Å². The maximum Gasteiger partial charge on any atom is 0.183 e. The third-order valence-electron chi connectivity index (χ3n) is 0. The van der Waals surface area contributed by atoms with Gasteiger partial charge in [0.1, 0.15) is 0 Å². The van der Waals surface area contributed by atoms with E-state index >= 15 is 0 Å². The molecule has 0 spiro atoms. The summed E-state index contributed by atoms with van der Waals surface area (Å²) in [5.74, 6) is -0.333. The topological polar surface area (TPSA) is 75.9 Å². The van der Waals surface area contributed by atoms with E-state index in [9.17, 15) is 0 Å². The van der Waals surface area contributed by atoms with Crippen molar-refractivity contribution in [3.8, 4) is 0 Å². The van der Waals surface area contributed by atoms with Crippen LogP contribution in [0.25, 0.3) is 0 Å². The Bertz CT molecular complexity index is 29.9. The standard InChI is InChI=1S/CH5N3.Pt/c2-1(3)4;/h(H5,2,3,4);. The number of rotatable bonds is 0. The normalized spacial score (nSPS) is 4.80. The third kappa shape index (κ3) is 8730. The average Bonchev–Trinajstić information content (AvgIpc) is 0.811. The van der Waals surface area contributed by atoms with Crippen LogP contribution in [0.15, 0.2) is 0 Å². The molecule has 0 aliphatic rings. The van der Waals surface area contributed by atoms with Gasteiger partial charge in [-0.25, -0.2) is 0 Å². The second-order valence-corrected chi connectivity index (χ2v) is 0.455. The van der Waals surface area contributed by atoms with Gasteiger partial charge in [-0.05, 0) is 0 Å². The van der Waals surface area contributed by atoms with Gasteiger partial charge in [0.25, 0.3) is 0 Å². The second-order valence-electron chi connectivity index (χ2n) is 0.455. The fourth-order valence-corrected chi connectivity index (χ4v) is 0. The smallest absolute Gasteiger partial charge is 0.183 e. The van der Waals surface area contributed by atoms with Gasteiger partial charge in [0.2, 0.25) is 0 Å². The summed E-state index contributed by atoms with van der Waals surface area (Å²) in [6, 6.07) is 0. The van der Waals surface area contributed by atoms with Gasteiger partial charge in [-0.2, -0.15) is 0 Å². The molecule has 0 heterocycles. The largest absolute Gasteiger partial charge is 0.370 e. The van der Waals surface area contributed by atoms with Crippen molar-refractivity contribution in [3.05, 3.63) is 0 Å². The maximum atomic E-state index is 6.06. The minimum Gasteiger partial charge on any atom is -0.370 e. The molecule has 0 unspecified atom stereocenters. The zero-order valence-corrected chi connectivity index (χ0v) is 4.74. The van der Waals surface area contributed by atoms with E-state index in [0.717, 1.165) is 0 Å². The first-order chi connectivity index (χ1) is 1.73. The first-order valence-electron chi connectivity index (χ1n) is 0.827. The fourth-order valence-electron chi connectivity index (χ4n) is 0. The molecule has 0 bridgehead atoms. The molecule has 0 aliphatic carbocycles. The maximum absolute atomic E-state index is 6.06. The Morgan fingerprint density at radius 2 is 1.40 bits per heavy atom. The van der Waals surface area contributed by atoms with Gasteiger partial charge >= 0.3 is 0 Å². The summed E-state index contributed by atoms with van der Waals surface area (Å²) in [5.41, 5.74) is 8.94. The Labute approximate surface area is 44.5 Å². The molecule has 0 aromatic rings. The summed E-state index contributed by atoms with van der Waals surface area (Å²) < 4.78 is 0. The van der Waals surface area contributed by atoms with E-state index in [1.807, 2.05) is 0 Å². The van der Waals surface area contributed by atoms with Crippen LogP contribution in [0.3, 0.4) is 0 Å². The number of hydrogen-bond acceptors (Lipinski definition) is 1. The van der Waals surface area contributed by atoms with Crippen LogP contribution in [0.2, 0.25) is 0 Å². The predicted octanol–water partition coefficient (Wildman–Crippen LogP) is -1.16. The van der Waals surface area contributed by atoms with E-state index in [2.05, 4.69) is 11.5 Å². The van der Waals surface area contributed by atoms with Crippen molar-refractivity contribution in [2.45, 2.75) is 0 Å². The van der Waals surface area contributed by atoms with Gasteiger partial charge in [-0.15, -0.1) is 0 Å². The SMILES string of the molecule is N=C(N)N.[Pt]. The van der Waals surface area contributed by atoms with Crippen LogP contribution in [-0.4, -0.2) is 5.96 Å². The van der Waals surface area contributed by atoms with Crippen LogP contribution in [-0.2, 0) is 21.1 Å². The predicted molar refractivity (Wildman–Crippen MR) is 16.1 cm³/mol. The van der Waals surface area contributed by atoms with Gasteiger partial charge in [-0.1, -0.05) is 0 Å². The van der Waals surface area contributed by atoms with Crippen molar-refractivity contribution in [1.29, 1.82) is 5.41 Å². The van der Waals surface area contributed by atoms with Gasteiger partial charge < -0.3 is 11.5 Å². The van der Waals surface area contributed by atoms with Crippen molar-refractivity contribution < 1.29 is 21.1 Å². The summed E-state index contributed by atoms with van der Waals surface area (Å²) in [6.45, 7) is 0. The van der Waals surface area contributed by atoms with Crippen LogP contribution < -0.4 is 11.5 Å². The van der Waals surface area contributed by atoms with E-state index < -0.39 is 0 Å². The first-order valence-corrected chi connectivity index (χ1v) is 0.827. The second kappa shape index (κ2) is 3.96. The Hall–Kier alpha value is -0.0417. The minimum atomic E-state index is -0.333. The molecule has 0 saturated carbocycles. The van der Waals surface area contributed by atoms with Gasteiger partial charge in [0.15, 0.2) is 5.96 Å². The minimum absolute atomic E-state index is 0. The molecule has 5 N–H and O–H groups in total. The van der Waals surface area contributed by atoms with E-state index in [-0.39, 0.29) is 27.0 Å². The van der Waals surface area contributed by atoms with Crippen LogP contribution >= 0.6 is 0 Å². The van der Waals surface area contributed by atoms with Crippen LogP contribution in [0.5, 0.6) is 0 Å². The molecule has 0 rings (SSSR count). The molecular weight excluding hydrogens is 249 g/mol. The zero-order valence-electron chi connectivity index (χ0n) is 2.47. The van der Waals surface area contributed by atoms with Gasteiger partial charge in [0.05, 0.1) is 0 Å². The van der Waals surface area contributed by atoms with Crippen molar-refractivity contribution >= 4 is 5.96 Å². The molecule has 0 radical (unpaired) electrons. The number of nitrogens with two attached hydrogens (primary N) is 2. The molecule has 34 valence electrons. The Balaban J connectivity index is 0. The Morgan fingerprint density at radius 1 is 1.40 bits per heavy atom. The molecule has 3 nitrogen and oxygen atoms in total. The molecule has 0 fully saturated rings. The molecular formula is CH5N3Pt. The summed E-state index contributed by atoms with van der Waals surface area (Å²) in [7, 11) is 0. The molecule has 5 heavy (non-hydrogen) atoms. The van der Waals surface area contributed by atoms with E-state index in [1.54, 1.807) is 0 Å². The Kier molecular flexibility index (Phi) is 7.03. The monoisotopic (exact) mass is 254 g/mol. The van der Waals surface area contributed by atoms with Crippen molar-refractivity contribution in [2.75, 3.05) is 0 Å². The first kappa shape index (κ1) is 8.88. The van der Waals surface area contributed by atoms with Crippen LogP contribution in [0.1, 0.15) is 0 Å². The van der Waals surface area contributed by atoms with Gasteiger partial charge in [-0.3, -0.25) is 5.41 Å². The molecule has 0 amide bonds. The summed E-state index contributed by atoms with van der Waals surface area (Å²) in [4.78, 5) is 0. The van der Waals surface area contributed by atoms with Crippen LogP contribution in [0, 0.1) is 5.41 Å². The number of guanidine groups is 1.